The van der Waals surface area contributed by atoms with Gasteiger partial charge in [-0.15, -0.1) is 0 Å². The highest BCUT2D eigenvalue weighted by Crippen LogP contribution is 2.01. The lowest BCUT2D eigenvalue weighted by Gasteiger charge is -2.02. The first kappa shape index (κ1) is 8.53. The molecule has 1 aromatic rings. The first-order chi connectivity index (χ1) is 5.88. The minimum absolute atomic E-state index is 0.589. The first-order valence-electron chi connectivity index (χ1n) is 3.68. The molecule has 0 saturated carbocycles. The molecule has 1 aromatic carbocycles. The fourth-order valence-electron chi connectivity index (χ4n) is 0.910. The zero-order chi connectivity index (χ0) is 8.81. The second-order valence-electron chi connectivity index (χ2n) is 2.18. The van der Waals surface area contributed by atoms with Crippen LogP contribution in [0.25, 0.3) is 0 Å². The standard InChI is InChI=1S/C10H11NO/c1-3-12-10(11-2)9-7-5-4-6-8-9/h3-8H,1H2,2H3. The summed E-state index contributed by atoms with van der Waals surface area (Å²) in [5.74, 6) is 0.589. The lowest BCUT2D eigenvalue weighted by Crippen LogP contribution is -2.01. The van der Waals surface area contributed by atoms with Crippen molar-refractivity contribution in [1.82, 2.24) is 0 Å². The van der Waals surface area contributed by atoms with Gasteiger partial charge >= 0.3 is 0 Å². The largest absolute Gasteiger partial charge is 0.447 e. The van der Waals surface area contributed by atoms with Crippen LogP contribution in [0.15, 0.2) is 48.2 Å². The summed E-state index contributed by atoms with van der Waals surface area (Å²) in [6, 6.07) is 9.70. The fraction of sp³-hybridized carbons (Fsp3) is 0.100. The number of aliphatic imine (C=N–C) groups is 1. The van der Waals surface area contributed by atoms with Gasteiger partial charge in [0.05, 0.1) is 6.26 Å². The van der Waals surface area contributed by atoms with Gasteiger partial charge in [0.15, 0.2) is 0 Å². The zero-order valence-electron chi connectivity index (χ0n) is 7.03. The van der Waals surface area contributed by atoms with E-state index in [0.29, 0.717) is 5.90 Å². The Balaban J connectivity index is 2.88. The van der Waals surface area contributed by atoms with Crippen LogP contribution in [0.1, 0.15) is 5.56 Å². The Morgan fingerprint density at radius 3 is 2.58 bits per heavy atom. The van der Waals surface area contributed by atoms with Gasteiger partial charge in [-0.05, 0) is 12.1 Å². The maximum absolute atomic E-state index is 5.09. The molecule has 0 saturated heterocycles. The van der Waals surface area contributed by atoms with Crippen molar-refractivity contribution < 1.29 is 4.74 Å². The summed E-state index contributed by atoms with van der Waals surface area (Å²) in [5.41, 5.74) is 0.958. The topological polar surface area (TPSA) is 21.6 Å². The van der Waals surface area contributed by atoms with E-state index in [-0.39, 0.29) is 0 Å². The van der Waals surface area contributed by atoms with Crippen molar-refractivity contribution in [3.63, 3.8) is 0 Å². The third kappa shape index (κ3) is 1.95. The van der Waals surface area contributed by atoms with Crippen LogP contribution in [0.2, 0.25) is 0 Å². The van der Waals surface area contributed by atoms with Gasteiger partial charge in [-0.2, -0.15) is 0 Å². The Kier molecular flexibility index (Phi) is 3.08. The van der Waals surface area contributed by atoms with Crippen LogP contribution in [0.5, 0.6) is 0 Å². The van der Waals surface area contributed by atoms with E-state index >= 15 is 0 Å². The molecule has 2 nitrogen and oxygen atoms in total. The van der Waals surface area contributed by atoms with Crippen LogP contribution in [0.4, 0.5) is 0 Å². The second kappa shape index (κ2) is 4.34. The first-order valence-corrected chi connectivity index (χ1v) is 3.68. The minimum Gasteiger partial charge on any atom is -0.447 e. The Morgan fingerprint density at radius 1 is 1.42 bits per heavy atom. The number of nitrogens with zero attached hydrogens (tertiary/aromatic N) is 1. The van der Waals surface area contributed by atoms with E-state index in [1.165, 1.54) is 6.26 Å². The normalized spacial score (nSPS) is 10.9. The van der Waals surface area contributed by atoms with E-state index in [4.69, 9.17) is 4.74 Å². The number of hydrogen-bond acceptors (Lipinski definition) is 2. The molecular formula is C10H11NO. The molecule has 0 aliphatic carbocycles. The molecular weight excluding hydrogens is 150 g/mol. The van der Waals surface area contributed by atoms with Crippen LogP contribution < -0.4 is 0 Å². The number of hydrogen-bond donors (Lipinski definition) is 0. The van der Waals surface area contributed by atoms with Gasteiger partial charge in [0.1, 0.15) is 0 Å². The van der Waals surface area contributed by atoms with E-state index in [9.17, 15) is 0 Å². The molecule has 2 heteroatoms. The number of ether oxygens (including phenoxy) is 1. The smallest absolute Gasteiger partial charge is 0.220 e. The summed E-state index contributed by atoms with van der Waals surface area (Å²) in [7, 11) is 1.69. The third-order valence-corrected chi connectivity index (χ3v) is 1.42. The average molecular weight is 161 g/mol. The third-order valence-electron chi connectivity index (χ3n) is 1.42. The molecule has 0 spiro atoms. The maximum Gasteiger partial charge on any atom is 0.220 e. The van der Waals surface area contributed by atoms with Crippen molar-refractivity contribution in [3.8, 4) is 0 Å². The van der Waals surface area contributed by atoms with Crippen molar-refractivity contribution in [2.24, 2.45) is 4.99 Å². The molecule has 0 aliphatic rings. The van der Waals surface area contributed by atoms with Crippen LogP contribution in [-0.2, 0) is 4.74 Å². The Bertz CT molecular complexity index is 277. The van der Waals surface area contributed by atoms with Crippen LogP contribution in [0.3, 0.4) is 0 Å². The molecule has 0 atom stereocenters. The van der Waals surface area contributed by atoms with E-state index < -0.39 is 0 Å². The van der Waals surface area contributed by atoms with E-state index in [0.717, 1.165) is 5.56 Å². The van der Waals surface area contributed by atoms with Crippen LogP contribution in [-0.4, -0.2) is 12.9 Å². The molecule has 0 radical (unpaired) electrons. The lowest BCUT2D eigenvalue weighted by atomic mass is 10.2. The number of benzene rings is 1. The molecule has 0 aromatic heterocycles. The number of rotatable bonds is 2. The lowest BCUT2D eigenvalue weighted by molar-refractivity contribution is 0.475. The van der Waals surface area contributed by atoms with E-state index in [1.807, 2.05) is 30.3 Å². The van der Waals surface area contributed by atoms with Crippen molar-refractivity contribution in [1.29, 1.82) is 0 Å². The van der Waals surface area contributed by atoms with Gasteiger partial charge < -0.3 is 4.74 Å². The predicted molar refractivity (Wildman–Crippen MR) is 50.2 cm³/mol. The predicted octanol–water partition coefficient (Wildman–Crippen LogP) is 2.22. The van der Waals surface area contributed by atoms with Gasteiger partial charge in [-0.3, -0.25) is 4.99 Å². The van der Waals surface area contributed by atoms with Crippen molar-refractivity contribution in [2.45, 2.75) is 0 Å². The summed E-state index contributed by atoms with van der Waals surface area (Å²) in [6.07, 6.45) is 1.37. The van der Waals surface area contributed by atoms with Crippen LogP contribution in [0, 0.1) is 0 Å². The fourth-order valence-corrected chi connectivity index (χ4v) is 0.910. The molecule has 0 amide bonds. The van der Waals surface area contributed by atoms with Gasteiger partial charge in [-0.1, -0.05) is 24.8 Å². The van der Waals surface area contributed by atoms with E-state index in [2.05, 4.69) is 11.6 Å². The average Bonchev–Trinajstić information content (AvgIpc) is 2.15. The van der Waals surface area contributed by atoms with Gasteiger partial charge in [0.2, 0.25) is 5.90 Å². The van der Waals surface area contributed by atoms with Gasteiger partial charge in [-0.25, -0.2) is 0 Å². The second-order valence-corrected chi connectivity index (χ2v) is 2.18. The van der Waals surface area contributed by atoms with Gasteiger partial charge in [0, 0.05) is 12.6 Å². The summed E-state index contributed by atoms with van der Waals surface area (Å²) >= 11 is 0. The van der Waals surface area contributed by atoms with Crippen molar-refractivity contribution >= 4 is 5.90 Å². The monoisotopic (exact) mass is 161 g/mol. The minimum atomic E-state index is 0.589. The maximum atomic E-state index is 5.09. The quantitative estimate of drug-likeness (QED) is 0.370. The Morgan fingerprint density at radius 2 is 2.08 bits per heavy atom. The molecule has 0 N–H and O–H groups in total. The van der Waals surface area contributed by atoms with Gasteiger partial charge in [0.25, 0.3) is 0 Å². The summed E-state index contributed by atoms with van der Waals surface area (Å²) in [6.45, 7) is 3.47. The summed E-state index contributed by atoms with van der Waals surface area (Å²) in [4.78, 5) is 3.97. The molecule has 0 bridgehead atoms. The molecule has 0 unspecified atom stereocenters. The van der Waals surface area contributed by atoms with E-state index in [1.54, 1.807) is 7.05 Å². The highest BCUT2D eigenvalue weighted by Gasteiger charge is 1.99. The van der Waals surface area contributed by atoms with Crippen molar-refractivity contribution in [3.05, 3.63) is 48.7 Å². The van der Waals surface area contributed by atoms with Crippen molar-refractivity contribution in [2.75, 3.05) is 7.05 Å². The Hall–Kier alpha value is -1.57. The molecule has 0 heterocycles. The zero-order valence-corrected chi connectivity index (χ0v) is 7.03. The molecule has 12 heavy (non-hydrogen) atoms. The molecule has 0 aliphatic heterocycles. The highest BCUT2D eigenvalue weighted by atomic mass is 16.5. The SMILES string of the molecule is C=COC(=NC)c1ccccc1. The summed E-state index contributed by atoms with van der Waals surface area (Å²) in [5, 5.41) is 0. The highest BCUT2D eigenvalue weighted by molar-refractivity contribution is 5.94. The molecule has 1 rings (SSSR count). The van der Waals surface area contributed by atoms with Crippen LogP contribution >= 0.6 is 0 Å². The Labute approximate surface area is 72.2 Å². The molecule has 0 fully saturated rings. The summed E-state index contributed by atoms with van der Waals surface area (Å²) < 4.78 is 5.09. The molecule has 62 valence electrons.